The molecule has 2 rings (SSSR count). The molecule has 2 N–H and O–H groups in total. The molecule has 0 amide bonds. The summed E-state index contributed by atoms with van der Waals surface area (Å²) in [4.78, 5) is 6.40. The lowest BCUT2D eigenvalue weighted by molar-refractivity contribution is -0.0505. The highest BCUT2D eigenvalue weighted by atomic mass is 19.3. The maximum atomic E-state index is 12.7. The van der Waals surface area contributed by atoms with Crippen LogP contribution in [0.25, 0.3) is 0 Å². The van der Waals surface area contributed by atoms with Gasteiger partial charge in [-0.05, 0) is 26.1 Å². The van der Waals surface area contributed by atoms with E-state index in [9.17, 15) is 8.78 Å². The van der Waals surface area contributed by atoms with Crippen molar-refractivity contribution in [2.75, 3.05) is 40.5 Å². The highest BCUT2D eigenvalue weighted by Crippen LogP contribution is 2.38. The number of hydrogen-bond acceptors (Lipinski definition) is 5. The monoisotopic (exact) mass is 386 g/mol. The summed E-state index contributed by atoms with van der Waals surface area (Å²) in [6.07, 6.45) is 2.33. The van der Waals surface area contributed by atoms with E-state index in [2.05, 4.69) is 39.2 Å². The molecule has 7 nitrogen and oxygen atoms in total. The van der Waals surface area contributed by atoms with Crippen molar-refractivity contribution in [1.82, 2.24) is 15.5 Å². The first-order chi connectivity index (χ1) is 13.0. The van der Waals surface area contributed by atoms with Gasteiger partial charge in [-0.2, -0.15) is 8.78 Å². The van der Waals surface area contributed by atoms with Crippen LogP contribution < -0.4 is 24.8 Å². The second-order valence-corrected chi connectivity index (χ2v) is 6.20. The lowest BCUT2D eigenvalue weighted by Gasteiger charge is -2.18. The molecule has 0 atom stereocenters. The summed E-state index contributed by atoms with van der Waals surface area (Å²) in [5.41, 5.74) is 0.530. The van der Waals surface area contributed by atoms with Gasteiger partial charge in [0.2, 0.25) is 6.79 Å². The number of nitrogens with one attached hydrogen (secondary N) is 2. The van der Waals surface area contributed by atoms with Gasteiger partial charge in [0.25, 0.3) is 0 Å². The van der Waals surface area contributed by atoms with Crippen molar-refractivity contribution in [3.8, 4) is 17.2 Å². The molecule has 0 spiro atoms. The van der Waals surface area contributed by atoms with Crippen molar-refractivity contribution in [3.63, 3.8) is 0 Å². The van der Waals surface area contributed by atoms with Crippen LogP contribution in [-0.4, -0.2) is 58.0 Å². The fraction of sp³-hybridized carbons (Fsp3) is 0.611. The molecule has 0 fully saturated rings. The molecular formula is C18H28F2N4O3. The van der Waals surface area contributed by atoms with Crippen molar-refractivity contribution < 1.29 is 23.0 Å². The zero-order valence-electron chi connectivity index (χ0n) is 16.1. The predicted molar refractivity (Wildman–Crippen MR) is 99.8 cm³/mol. The van der Waals surface area contributed by atoms with Gasteiger partial charge < -0.3 is 29.7 Å². The van der Waals surface area contributed by atoms with Crippen LogP contribution in [0.4, 0.5) is 8.78 Å². The molecule has 1 aliphatic rings. The van der Waals surface area contributed by atoms with Crippen LogP contribution in [0, 0.1) is 0 Å². The minimum Gasteiger partial charge on any atom is -0.454 e. The molecule has 0 saturated heterocycles. The normalized spacial score (nSPS) is 13.4. The zero-order chi connectivity index (χ0) is 19.6. The predicted octanol–water partition coefficient (Wildman–Crippen LogP) is 2.41. The Kier molecular flexibility index (Phi) is 8.38. The number of guanidine groups is 1. The van der Waals surface area contributed by atoms with Crippen LogP contribution in [0.3, 0.4) is 0 Å². The number of aliphatic imine (C=N–C) groups is 1. The summed E-state index contributed by atoms with van der Waals surface area (Å²) < 4.78 is 40.5. The van der Waals surface area contributed by atoms with Crippen LogP contribution >= 0.6 is 0 Å². The Labute approximate surface area is 158 Å². The standard InChI is InChI=1S/C18H28F2N4O3/c1-4-5-7-24(3)8-6-22-18(21-2)23-11-13-9-15-16(26-12-25-15)10-14(13)27-17(19)20/h9-10,17H,4-8,11-12H2,1-3H3,(H2,21,22,23). The van der Waals surface area contributed by atoms with Crippen molar-refractivity contribution in [3.05, 3.63) is 17.7 Å². The topological polar surface area (TPSA) is 67.4 Å². The number of ether oxygens (including phenoxy) is 3. The molecule has 0 aliphatic carbocycles. The third-order valence-corrected chi connectivity index (χ3v) is 4.12. The van der Waals surface area contributed by atoms with Crippen molar-refractivity contribution in [2.45, 2.75) is 32.9 Å². The molecule has 9 heteroatoms. The van der Waals surface area contributed by atoms with E-state index in [0.717, 1.165) is 19.6 Å². The average molecular weight is 386 g/mol. The van der Waals surface area contributed by atoms with E-state index in [1.165, 1.54) is 18.9 Å². The van der Waals surface area contributed by atoms with E-state index < -0.39 is 6.61 Å². The van der Waals surface area contributed by atoms with E-state index >= 15 is 0 Å². The molecule has 0 aromatic heterocycles. The van der Waals surface area contributed by atoms with E-state index in [-0.39, 0.29) is 19.1 Å². The molecule has 0 radical (unpaired) electrons. The van der Waals surface area contributed by atoms with Crippen LogP contribution in [0.15, 0.2) is 17.1 Å². The second kappa shape index (κ2) is 10.8. The summed E-state index contributed by atoms with van der Waals surface area (Å²) in [6.45, 7) is 2.22. The molecule has 152 valence electrons. The molecule has 1 heterocycles. The summed E-state index contributed by atoms with van der Waals surface area (Å²) in [7, 11) is 3.74. The van der Waals surface area contributed by atoms with Gasteiger partial charge >= 0.3 is 6.61 Å². The zero-order valence-corrected chi connectivity index (χ0v) is 16.1. The maximum absolute atomic E-state index is 12.7. The van der Waals surface area contributed by atoms with Crippen LogP contribution in [0.2, 0.25) is 0 Å². The van der Waals surface area contributed by atoms with Gasteiger partial charge in [-0.15, -0.1) is 0 Å². The first-order valence-electron chi connectivity index (χ1n) is 9.03. The Hall–Kier alpha value is -2.29. The highest BCUT2D eigenvalue weighted by molar-refractivity contribution is 5.79. The van der Waals surface area contributed by atoms with Gasteiger partial charge in [0.15, 0.2) is 17.5 Å². The Morgan fingerprint density at radius 3 is 2.67 bits per heavy atom. The molecule has 0 saturated carbocycles. The van der Waals surface area contributed by atoms with Gasteiger partial charge in [0.05, 0.1) is 0 Å². The molecular weight excluding hydrogens is 358 g/mol. The van der Waals surface area contributed by atoms with Gasteiger partial charge in [-0.1, -0.05) is 13.3 Å². The number of alkyl halides is 2. The molecule has 1 aromatic carbocycles. The lowest BCUT2D eigenvalue weighted by Crippen LogP contribution is -2.40. The van der Waals surface area contributed by atoms with Gasteiger partial charge in [0, 0.05) is 38.3 Å². The first kappa shape index (κ1) is 21.0. The van der Waals surface area contributed by atoms with E-state index in [1.54, 1.807) is 13.1 Å². The number of halogens is 2. The Balaban J connectivity index is 1.90. The van der Waals surface area contributed by atoms with E-state index in [4.69, 9.17) is 9.47 Å². The minimum absolute atomic E-state index is 0.0523. The van der Waals surface area contributed by atoms with E-state index in [0.29, 0.717) is 23.0 Å². The SMILES string of the molecule is CCCCN(C)CCNC(=NC)NCc1cc2c(cc1OC(F)F)OCO2. The van der Waals surface area contributed by atoms with Crippen LogP contribution in [0.1, 0.15) is 25.3 Å². The lowest BCUT2D eigenvalue weighted by atomic mass is 10.1. The number of unbranched alkanes of at least 4 members (excludes halogenated alkanes) is 1. The third-order valence-electron chi connectivity index (χ3n) is 4.12. The number of likely N-dealkylation sites (N-methyl/N-ethyl adjacent to an activating group) is 1. The smallest absolute Gasteiger partial charge is 0.387 e. The number of benzene rings is 1. The van der Waals surface area contributed by atoms with Crippen molar-refractivity contribution in [1.29, 1.82) is 0 Å². The summed E-state index contributed by atoms with van der Waals surface area (Å²) in [5.74, 6) is 1.54. The number of fused-ring (bicyclic) bond motifs is 1. The minimum atomic E-state index is -2.92. The summed E-state index contributed by atoms with van der Waals surface area (Å²) in [6, 6.07) is 3.06. The average Bonchev–Trinajstić information content (AvgIpc) is 3.09. The Morgan fingerprint density at radius 1 is 1.26 bits per heavy atom. The molecule has 0 bridgehead atoms. The third kappa shape index (κ3) is 6.74. The molecule has 1 aliphatic heterocycles. The van der Waals surface area contributed by atoms with Crippen molar-refractivity contribution in [2.24, 2.45) is 4.99 Å². The number of hydrogen-bond donors (Lipinski definition) is 2. The largest absolute Gasteiger partial charge is 0.454 e. The Morgan fingerprint density at radius 2 is 2.00 bits per heavy atom. The van der Waals surface area contributed by atoms with E-state index in [1.807, 2.05) is 0 Å². The fourth-order valence-corrected chi connectivity index (χ4v) is 2.61. The number of nitrogens with zero attached hydrogens (tertiary/aromatic N) is 2. The molecule has 1 aromatic rings. The maximum Gasteiger partial charge on any atom is 0.387 e. The van der Waals surface area contributed by atoms with Gasteiger partial charge in [-0.3, -0.25) is 4.99 Å². The quantitative estimate of drug-likeness (QED) is 0.476. The Bertz CT molecular complexity index is 629. The highest BCUT2D eigenvalue weighted by Gasteiger charge is 2.20. The first-order valence-corrected chi connectivity index (χ1v) is 9.03. The van der Waals surface area contributed by atoms with Gasteiger partial charge in [-0.25, -0.2) is 0 Å². The second-order valence-electron chi connectivity index (χ2n) is 6.20. The molecule has 0 unspecified atom stereocenters. The molecule has 27 heavy (non-hydrogen) atoms. The van der Waals surface area contributed by atoms with Crippen LogP contribution in [-0.2, 0) is 6.54 Å². The summed E-state index contributed by atoms with van der Waals surface area (Å²) in [5, 5.41) is 6.32. The van der Waals surface area contributed by atoms with Gasteiger partial charge in [0.1, 0.15) is 5.75 Å². The van der Waals surface area contributed by atoms with Crippen molar-refractivity contribution >= 4 is 5.96 Å². The fourth-order valence-electron chi connectivity index (χ4n) is 2.61. The summed E-state index contributed by atoms with van der Waals surface area (Å²) >= 11 is 0. The van der Waals surface area contributed by atoms with Crippen LogP contribution in [0.5, 0.6) is 17.2 Å². The number of rotatable bonds is 10.